The molecule has 0 aliphatic carbocycles. The zero-order chi connectivity index (χ0) is 22.9. The van der Waals surface area contributed by atoms with E-state index in [-0.39, 0.29) is 25.2 Å². The number of hydrogen-bond donors (Lipinski definition) is 0. The maximum Gasteiger partial charge on any atom is 0.302 e. The third-order valence-corrected chi connectivity index (χ3v) is 8.10. The summed E-state index contributed by atoms with van der Waals surface area (Å²) in [4.78, 5) is 21.5. The molecule has 6 nitrogen and oxygen atoms in total. The number of hydrogen-bond acceptors (Lipinski definition) is 7. The minimum atomic E-state index is -0.832. The van der Waals surface area contributed by atoms with Crippen LogP contribution < -0.4 is 0 Å². The van der Waals surface area contributed by atoms with Gasteiger partial charge in [0.25, 0.3) is 0 Å². The van der Waals surface area contributed by atoms with Gasteiger partial charge >= 0.3 is 11.9 Å². The van der Waals surface area contributed by atoms with Crippen LogP contribution in [0.1, 0.15) is 36.1 Å². The highest BCUT2D eigenvalue weighted by Crippen LogP contribution is 2.68. The van der Waals surface area contributed by atoms with Crippen LogP contribution in [-0.4, -0.2) is 25.2 Å². The Morgan fingerprint density at radius 3 is 1.48 bits per heavy atom. The standard InChI is InChI=1S/C26H22O6S/c1-17(27)29-15-23-11-13-25(31-23,21-9-5-3-7-19(21)23)33-26-14-12-24(32-26,16-30-18(2)28)20-8-4-6-10-22(20)26/h3-14H,15-16H2,1-2H3/t23-,24?,25+,26?/m0/s1. The Labute approximate surface area is 195 Å². The van der Waals surface area contributed by atoms with Gasteiger partial charge in [0, 0.05) is 25.0 Å². The van der Waals surface area contributed by atoms with Crippen molar-refractivity contribution in [1.29, 1.82) is 0 Å². The summed E-state index contributed by atoms with van der Waals surface area (Å²) in [6.07, 6.45) is 8.02. The lowest BCUT2D eigenvalue weighted by molar-refractivity contribution is -0.150. The lowest BCUT2D eigenvalue weighted by Crippen LogP contribution is -2.32. The number of benzene rings is 2. The van der Waals surface area contributed by atoms with E-state index in [9.17, 15) is 9.59 Å². The Bertz CT molecular complexity index is 1160. The van der Waals surface area contributed by atoms with E-state index in [1.165, 1.54) is 13.8 Å². The Hall–Kier alpha value is -2.87. The minimum Gasteiger partial charge on any atom is -0.462 e. The van der Waals surface area contributed by atoms with Crippen LogP contribution in [0.3, 0.4) is 0 Å². The molecule has 6 rings (SSSR count). The number of carbonyl (C=O) groups excluding carboxylic acids is 2. The predicted molar refractivity (Wildman–Crippen MR) is 121 cm³/mol. The van der Waals surface area contributed by atoms with Gasteiger partial charge in [-0.05, 0) is 35.4 Å². The van der Waals surface area contributed by atoms with Crippen molar-refractivity contribution >= 4 is 23.7 Å². The number of esters is 2. The number of carbonyl (C=O) groups is 2. The van der Waals surface area contributed by atoms with Crippen LogP contribution in [0.5, 0.6) is 0 Å². The molecule has 0 radical (unpaired) electrons. The van der Waals surface area contributed by atoms with Crippen molar-refractivity contribution in [1.82, 2.24) is 0 Å². The molecule has 2 unspecified atom stereocenters. The molecule has 4 aliphatic heterocycles. The number of fused-ring (bicyclic) bond motifs is 10. The SMILES string of the molecule is CC(=O)OCC12C=CC(S[C@@]34C=C[C@@](COC(C)=O)(O3)c3ccccc34)(O1)c1ccccc12. The molecule has 168 valence electrons. The van der Waals surface area contributed by atoms with Gasteiger partial charge in [0.1, 0.15) is 24.4 Å². The Kier molecular flexibility index (Phi) is 4.28. The lowest BCUT2D eigenvalue weighted by atomic mass is 9.87. The summed E-state index contributed by atoms with van der Waals surface area (Å²) in [6, 6.07) is 16.0. The highest BCUT2D eigenvalue weighted by atomic mass is 32.2. The molecule has 0 aromatic heterocycles. The van der Waals surface area contributed by atoms with Gasteiger partial charge in [-0.15, -0.1) is 0 Å². The van der Waals surface area contributed by atoms with Crippen molar-refractivity contribution in [3.8, 4) is 0 Å². The first-order valence-corrected chi connectivity index (χ1v) is 11.6. The number of rotatable bonds is 6. The highest BCUT2D eigenvalue weighted by molar-refractivity contribution is 8.01. The summed E-state index contributed by atoms with van der Waals surface area (Å²) in [5.41, 5.74) is 2.33. The molecular weight excluding hydrogens is 440 g/mol. The predicted octanol–water partition coefficient (Wildman–Crippen LogP) is 4.14. The zero-order valence-electron chi connectivity index (χ0n) is 18.2. The lowest BCUT2D eigenvalue weighted by Gasteiger charge is -2.34. The van der Waals surface area contributed by atoms with E-state index in [4.69, 9.17) is 18.9 Å². The third kappa shape index (κ3) is 2.82. The number of thioether (sulfide) groups is 1. The monoisotopic (exact) mass is 462 g/mol. The topological polar surface area (TPSA) is 71.1 Å². The first-order chi connectivity index (χ1) is 15.8. The van der Waals surface area contributed by atoms with Crippen molar-refractivity contribution in [3.63, 3.8) is 0 Å². The van der Waals surface area contributed by atoms with E-state index >= 15 is 0 Å². The molecule has 0 fully saturated rings. The third-order valence-electron chi connectivity index (χ3n) is 6.61. The fourth-order valence-corrected chi connectivity index (χ4v) is 6.91. The number of ether oxygens (including phenoxy) is 4. The van der Waals surface area contributed by atoms with Gasteiger partial charge in [0.05, 0.1) is 0 Å². The van der Waals surface area contributed by atoms with E-state index in [1.54, 1.807) is 11.8 Å². The van der Waals surface area contributed by atoms with Gasteiger partial charge in [-0.3, -0.25) is 9.59 Å². The molecule has 33 heavy (non-hydrogen) atoms. The first kappa shape index (κ1) is 20.7. The summed E-state index contributed by atoms with van der Waals surface area (Å²) in [7, 11) is 0. The summed E-state index contributed by atoms with van der Waals surface area (Å²) in [5, 5.41) is 0. The molecule has 0 saturated heterocycles. The smallest absolute Gasteiger partial charge is 0.302 e. The molecule has 4 heterocycles. The van der Waals surface area contributed by atoms with Gasteiger partial charge in [-0.1, -0.05) is 60.3 Å². The molecule has 0 spiro atoms. The molecular formula is C26H22O6S. The van der Waals surface area contributed by atoms with E-state index in [2.05, 4.69) is 0 Å². The van der Waals surface area contributed by atoms with E-state index in [0.29, 0.717) is 0 Å². The minimum absolute atomic E-state index is 0.106. The van der Waals surface area contributed by atoms with Crippen LogP contribution in [0.25, 0.3) is 0 Å². The molecule has 4 aliphatic rings. The highest BCUT2D eigenvalue weighted by Gasteiger charge is 2.64. The van der Waals surface area contributed by atoms with Crippen molar-refractivity contribution in [2.45, 2.75) is 34.9 Å². The Balaban J connectivity index is 1.40. The van der Waals surface area contributed by atoms with Crippen LogP contribution in [0.15, 0.2) is 72.8 Å². The average molecular weight is 463 g/mol. The molecule has 0 saturated carbocycles. The molecule has 0 N–H and O–H groups in total. The second kappa shape index (κ2) is 6.82. The van der Waals surface area contributed by atoms with Gasteiger partial charge < -0.3 is 18.9 Å². The van der Waals surface area contributed by atoms with Crippen LogP contribution >= 0.6 is 11.8 Å². The van der Waals surface area contributed by atoms with Gasteiger partial charge in [0.2, 0.25) is 0 Å². The maximum atomic E-state index is 11.6. The Morgan fingerprint density at radius 2 is 1.09 bits per heavy atom. The summed E-state index contributed by atoms with van der Waals surface area (Å²) < 4.78 is 24.2. The molecule has 4 atom stereocenters. The van der Waals surface area contributed by atoms with Gasteiger partial charge in [-0.25, -0.2) is 0 Å². The summed E-state index contributed by atoms with van der Waals surface area (Å²) >= 11 is 1.54. The quantitative estimate of drug-likeness (QED) is 0.472. The van der Waals surface area contributed by atoms with Crippen LogP contribution in [0.2, 0.25) is 0 Å². The van der Waals surface area contributed by atoms with E-state index in [1.807, 2.05) is 72.8 Å². The van der Waals surface area contributed by atoms with Gasteiger partial charge in [-0.2, -0.15) is 0 Å². The summed E-state index contributed by atoms with van der Waals surface area (Å²) in [6.45, 7) is 3.00. The molecule has 2 aromatic carbocycles. The van der Waals surface area contributed by atoms with Crippen molar-refractivity contribution in [2.75, 3.05) is 13.2 Å². The van der Waals surface area contributed by atoms with Crippen LogP contribution in [-0.2, 0) is 49.6 Å². The average Bonchev–Trinajstić information content (AvgIpc) is 3.51. The first-order valence-electron chi connectivity index (χ1n) is 10.8. The second-order valence-corrected chi connectivity index (χ2v) is 10.2. The Morgan fingerprint density at radius 1 is 0.697 bits per heavy atom. The second-order valence-electron chi connectivity index (χ2n) is 8.74. The molecule has 0 amide bonds. The maximum absolute atomic E-state index is 11.6. The normalized spacial score (nSPS) is 33.8. The van der Waals surface area contributed by atoms with Gasteiger partial charge in [0.15, 0.2) is 9.87 Å². The van der Waals surface area contributed by atoms with Crippen molar-refractivity contribution < 1.29 is 28.5 Å². The van der Waals surface area contributed by atoms with Crippen molar-refractivity contribution in [3.05, 3.63) is 95.1 Å². The van der Waals surface area contributed by atoms with Crippen LogP contribution in [0.4, 0.5) is 0 Å². The fraction of sp³-hybridized carbons (Fsp3) is 0.308. The fourth-order valence-electron chi connectivity index (χ4n) is 5.23. The molecule has 7 heteroatoms. The van der Waals surface area contributed by atoms with E-state index in [0.717, 1.165) is 22.3 Å². The zero-order valence-corrected chi connectivity index (χ0v) is 19.0. The molecule has 2 aromatic rings. The van der Waals surface area contributed by atoms with Crippen LogP contribution in [0, 0.1) is 0 Å². The summed E-state index contributed by atoms with van der Waals surface area (Å²) in [5.74, 6) is -0.701. The van der Waals surface area contributed by atoms with Crippen molar-refractivity contribution in [2.24, 2.45) is 0 Å². The molecule has 4 bridgehead atoms. The van der Waals surface area contributed by atoms with E-state index < -0.39 is 21.1 Å². The largest absolute Gasteiger partial charge is 0.462 e.